The zero-order valence-corrected chi connectivity index (χ0v) is 13.1. The summed E-state index contributed by atoms with van der Waals surface area (Å²) in [5.41, 5.74) is 0.941. The summed E-state index contributed by atoms with van der Waals surface area (Å²) in [7, 11) is -3.83. The molecule has 0 saturated carbocycles. The number of hydrogen-bond acceptors (Lipinski definition) is 4. The third-order valence-corrected chi connectivity index (χ3v) is 4.56. The number of primary sulfonamides is 1. The molecule has 21 heavy (non-hydrogen) atoms. The van der Waals surface area contributed by atoms with Gasteiger partial charge in [-0.2, -0.15) is 0 Å². The van der Waals surface area contributed by atoms with E-state index in [4.69, 9.17) is 21.5 Å². The largest absolute Gasteiger partial charge is 0.381 e. The number of halogens is 1. The Hall–Kier alpha value is -1.15. The Bertz CT molecular complexity index is 631. The summed E-state index contributed by atoms with van der Waals surface area (Å²) in [5.74, 6) is -0.393. The zero-order chi connectivity index (χ0) is 15.6. The molecule has 116 valence electrons. The van der Waals surface area contributed by atoms with E-state index in [1.54, 1.807) is 6.92 Å². The van der Waals surface area contributed by atoms with Crippen LogP contribution in [0.25, 0.3) is 0 Å². The molecule has 1 saturated heterocycles. The molecule has 8 heteroatoms. The van der Waals surface area contributed by atoms with E-state index in [2.05, 4.69) is 5.32 Å². The van der Waals surface area contributed by atoms with Gasteiger partial charge in [-0.05, 0) is 37.5 Å². The lowest BCUT2D eigenvalue weighted by molar-refractivity contribution is -0.123. The van der Waals surface area contributed by atoms with Crippen molar-refractivity contribution >= 4 is 33.2 Å². The third kappa shape index (κ3) is 3.94. The summed E-state index contributed by atoms with van der Waals surface area (Å²) < 4.78 is 27.9. The van der Waals surface area contributed by atoms with Crippen molar-refractivity contribution in [1.82, 2.24) is 0 Å². The molecular weight excluding hydrogens is 316 g/mol. The van der Waals surface area contributed by atoms with Gasteiger partial charge in [0.1, 0.15) is 0 Å². The highest BCUT2D eigenvalue weighted by atomic mass is 35.5. The second kappa shape index (κ2) is 6.31. The highest BCUT2D eigenvalue weighted by Crippen LogP contribution is 2.30. The summed E-state index contributed by atoms with van der Waals surface area (Å²) in [6.07, 6.45) is 1.60. The van der Waals surface area contributed by atoms with Crippen LogP contribution in [0.2, 0.25) is 5.02 Å². The van der Waals surface area contributed by atoms with Gasteiger partial charge < -0.3 is 10.1 Å². The van der Waals surface area contributed by atoms with E-state index in [0.717, 1.165) is 12.8 Å². The Balaban J connectivity index is 2.22. The second-order valence-corrected chi connectivity index (χ2v) is 7.01. The Kier molecular flexibility index (Phi) is 4.88. The molecule has 1 aromatic rings. The number of rotatable bonds is 3. The molecule has 1 amide bonds. The van der Waals surface area contributed by atoms with Gasteiger partial charge in [-0.3, -0.25) is 4.79 Å². The van der Waals surface area contributed by atoms with Crippen molar-refractivity contribution in [2.75, 3.05) is 18.5 Å². The van der Waals surface area contributed by atoms with Crippen LogP contribution in [0.5, 0.6) is 0 Å². The Labute approximate surface area is 128 Å². The van der Waals surface area contributed by atoms with Crippen molar-refractivity contribution in [3.8, 4) is 0 Å². The van der Waals surface area contributed by atoms with Gasteiger partial charge in [0.15, 0.2) is 0 Å². The highest BCUT2D eigenvalue weighted by molar-refractivity contribution is 7.89. The molecule has 6 nitrogen and oxygen atoms in total. The molecule has 0 bridgehead atoms. The minimum atomic E-state index is -3.83. The van der Waals surface area contributed by atoms with E-state index in [-0.39, 0.29) is 21.7 Å². The van der Waals surface area contributed by atoms with Crippen molar-refractivity contribution in [2.45, 2.75) is 24.7 Å². The van der Waals surface area contributed by atoms with Crippen molar-refractivity contribution in [1.29, 1.82) is 0 Å². The second-order valence-electron chi connectivity index (χ2n) is 5.05. The smallest absolute Gasteiger partial charge is 0.238 e. The fourth-order valence-electron chi connectivity index (χ4n) is 2.21. The zero-order valence-electron chi connectivity index (χ0n) is 11.6. The molecular formula is C13H17ClN2O4S. The summed E-state index contributed by atoms with van der Waals surface area (Å²) in [5, 5.41) is 7.96. The molecule has 1 unspecified atom stereocenters. The number of anilines is 1. The summed E-state index contributed by atoms with van der Waals surface area (Å²) in [6, 6.07) is 2.62. The topological polar surface area (TPSA) is 98.5 Å². The SMILES string of the molecule is Cc1cc(S(N)(=O)=O)cc(Cl)c1NC(=O)C1CCCOC1. The van der Waals surface area contributed by atoms with E-state index in [1.165, 1.54) is 12.1 Å². The lowest BCUT2D eigenvalue weighted by Crippen LogP contribution is -2.30. The van der Waals surface area contributed by atoms with Gasteiger partial charge in [-0.15, -0.1) is 0 Å². The average Bonchev–Trinajstić information content (AvgIpc) is 2.42. The summed E-state index contributed by atoms with van der Waals surface area (Å²) in [6.45, 7) is 2.72. The van der Waals surface area contributed by atoms with Gasteiger partial charge >= 0.3 is 0 Å². The first-order valence-corrected chi connectivity index (χ1v) is 8.43. The van der Waals surface area contributed by atoms with E-state index >= 15 is 0 Å². The monoisotopic (exact) mass is 332 g/mol. The number of sulfonamides is 1. The summed E-state index contributed by atoms with van der Waals surface area (Å²) in [4.78, 5) is 12.1. The fourth-order valence-corrected chi connectivity index (χ4v) is 3.21. The van der Waals surface area contributed by atoms with E-state index < -0.39 is 10.0 Å². The first-order chi connectivity index (χ1) is 9.79. The van der Waals surface area contributed by atoms with Gasteiger partial charge in [-0.1, -0.05) is 11.6 Å². The van der Waals surface area contributed by atoms with Crippen LogP contribution in [0, 0.1) is 12.8 Å². The first-order valence-electron chi connectivity index (χ1n) is 6.50. The van der Waals surface area contributed by atoms with Crippen LogP contribution in [0.15, 0.2) is 17.0 Å². The maximum absolute atomic E-state index is 12.2. The number of ether oxygens (including phenoxy) is 1. The van der Waals surface area contributed by atoms with Crippen molar-refractivity contribution in [2.24, 2.45) is 11.1 Å². The molecule has 0 radical (unpaired) electrons. The molecule has 0 spiro atoms. The van der Waals surface area contributed by atoms with Gasteiger partial charge in [0, 0.05) is 6.61 Å². The van der Waals surface area contributed by atoms with Crippen LogP contribution in [-0.4, -0.2) is 27.5 Å². The van der Waals surface area contributed by atoms with E-state index in [0.29, 0.717) is 24.5 Å². The lowest BCUT2D eigenvalue weighted by Gasteiger charge is -2.22. The van der Waals surface area contributed by atoms with Crippen molar-refractivity contribution in [3.05, 3.63) is 22.7 Å². The number of nitrogens with one attached hydrogen (secondary N) is 1. The van der Waals surface area contributed by atoms with Gasteiger partial charge in [-0.25, -0.2) is 13.6 Å². The number of hydrogen-bond donors (Lipinski definition) is 2. The first kappa shape index (κ1) is 16.2. The Morgan fingerprint density at radius 2 is 2.19 bits per heavy atom. The van der Waals surface area contributed by atoms with Crippen LogP contribution in [0.3, 0.4) is 0 Å². The number of amides is 1. The maximum atomic E-state index is 12.2. The number of nitrogens with two attached hydrogens (primary N) is 1. The molecule has 1 aromatic carbocycles. The van der Waals surface area contributed by atoms with Crippen LogP contribution in [0.1, 0.15) is 18.4 Å². The van der Waals surface area contributed by atoms with Gasteiger partial charge in [0.2, 0.25) is 15.9 Å². The Morgan fingerprint density at radius 3 is 2.71 bits per heavy atom. The normalized spacial score (nSPS) is 19.3. The molecule has 1 atom stereocenters. The maximum Gasteiger partial charge on any atom is 0.238 e. The van der Waals surface area contributed by atoms with Crippen molar-refractivity contribution < 1.29 is 17.9 Å². The lowest BCUT2D eigenvalue weighted by atomic mass is 10.0. The van der Waals surface area contributed by atoms with Crippen LogP contribution < -0.4 is 10.5 Å². The molecule has 1 aliphatic heterocycles. The summed E-state index contributed by atoms with van der Waals surface area (Å²) >= 11 is 6.06. The average molecular weight is 333 g/mol. The van der Waals surface area contributed by atoms with Crippen LogP contribution in [0.4, 0.5) is 5.69 Å². The number of aryl methyl sites for hydroxylation is 1. The molecule has 0 aromatic heterocycles. The number of carbonyl (C=O) groups is 1. The standard InChI is InChI=1S/C13H17ClN2O4S/c1-8-5-10(21(15,18)19)6-11(14)12(8)16-13(17)9-3-2-4-20-7-9/h5-6,9H,2-4,7H2,1H3,(H,16,17)(H2,15,18,19). The molecule has 0 aliphatic carbocycles. The van der Waals surface area contributed by atoms with Crippen LogP contribution >= 0.6 is 11.6 Å². The fraction of sp³-hybridized carbons (Fsp3) is 0.462. The predicted octanol–water partition coefficient (Wildman–Crippen LogP) is 1.66. The minimum Gasteiger partial charge on any atom is -0.381 e. The van der Waals surface area contributed by atoms with E-state index in [1.807, 2.05) is 0 Å². The molecule has 1 fully saturated rings. The van der Waals surface area contributed by atoms with Crippen LogP contribution in [-0.2, 0) is 19.6 Å². The minimum absolute atomic E-state index is 0.0796. The third-order valence-electron chi connectivity index (χ3n) is 3.37. The molecule has 1 heterocycles. The quantitative estimate of drug-likeness (QED) is 0.879. The predicted molar refractivity (Wildman–Crippen MR) is 79.7 cm³/mol. The number of benzene rings is 1. The highest BCUT2D eigenvalue weighted by Gasteiger charge is 2.23. The van der Waals surface area contributed by atoms with Crippen molar-refractivity contribution in [3.63, 3.8) is 0 Å². The van der Waals surface area contributed by atoms with Gasteiger partial charge in [0.25, 0.3) is 0 Å². The molecule has 2 rings (SSSR count). The Morgan fingerprint density at radius 1 is 1.48 bits per heavy atom. The molecule has 1 aliphatic rings. The van der Waals surface area contributed by atoms with E-state index in [9.17, 15) is 13.2 Å². The number of carbonyl (C=O) groups excluding carboxylic acids is 1. The van der Waals surface area contributed by atoms with Gasteiger partial charge in [0.05, 0.1) is 28.1 Å². The molecule has 3 N–H and O–H groups in total.